The van der Waals surface area contributed by atoms with Crippen LogP contribution in [0.4, 0.5) is 5.69 Å². The van der Waals surface area contributed by atoms with Crippen LogP contribution in [-0.2, 0) is 4.79 Å². The summed E-state index contributed by atoms with van der Waals surface area (Å²) in [7, 11) is 2.86. The number of benzene rings is 1. The number of ether oxygens (including phenoxy) is 2. The molecule has 1 heterocycles. The third-order valence-electron chi connectivity index (χ3n) is 3.38. The first-order chi connectivity index (χ1) is 10.0. The minimum Gasteiger partial charge on any atom is -0.493 e. The van der Waals surface area contributed by atoms with Gasteiger partial charge in [0.1, 0.15) is 0 Å². The Labute approximate surface area is 122 Å². The number of methoxy groups -OCH3 is 2. The predicted molar refractivity (Wildman–Crippen MR) is 75.8 cm³/mol. The number of terminal acetylenes is 1. The Bertz CT molecular complexity index is 632. The lowest BCUT2D eigenvalue weighted by atomic mass is 10.1. The van der Waals surface area contributed by atoms with E-state index >= 15 is 0 Å². The fourth-order valence-corrected chi connectivity index (χ4v) is 2.31. The summed E-state index contributed by atoms with van der Waals surface area (Å²) in [6.07, 6.45) is 5.56. The lowest BCUT2D eigenvalue weighted by Crippen LogP contribution is -2.26. The molecule has 6 heteroatoms. The normalized spacial score (nSPS) is 17.5. The van der Waals surface area contributed by atoms with E-state index in [0.717, 1.165) is 0 Å². The minimum absolute atomic E-state index is 0.0290. The van der Waals surface area contributed by atoms with Crippen LogP contribution in [0.2, 0.25) is 0 Å². The van der Waals surface area contributed by atoms with Crippen molar-refractivity contribution in [1.29, 1.82) is 0 Å². The fraction of sp³-hybridized carbons (Fsp3) is 0.333. The van der Waals surface area contributed by atoms with Crippen molar-refractivity contribution in [3.05, 3.63) is 17.7 Å². The molecule has 1 N–H and O–H groups in total. The van der Waals surface area contributed by atoms with Crippen molar-refractivity contribution in [1.82, 2.24) is 0 Å². The highest BCUT2D eigenvalue weighted by Crippen LogP contribution is 2.37. The van der Waals surface area contributed by atoms with Gasteiger partial charge < -0.3 is 19.5 Å². The van der Waals surface area contributed by atoms with E-state index in [1.165, 1.54) is 31.3 Å². The quantitative estimate of drug-likeness (QED) is 0.848. The van der Waals surface area contributed by atoms with Crippen molar-refractivity contribution in [2.45, 2.75) is 6.42 Å². The zero-order valence-corrected chi connectivity index (χ0v) is 11.8. The molecule has 0 saturated carbocycles. The first-order valence-electron chi connectivity index (χ1n) is 6.27. The lowest BCUT2D eigenvalue weighted by molar-refractivity contribution is -0.117. The van der Waals surface area contributed by atoms with Gasteiger partial charge >= 0.3 is 5.97 Å². The van der Waals surface area contributed by atoms with Gasteiger partial charge in [0.05, 0.1) is 25.5 Å². The maximum absolute atomic E-state index is 12.0. The molecule has 1 unspecified atom stereocenters. The van der Waals surface area contributed by atoms with Crippen molar-refractivity contribution in [3.8, 4) is 23.8 Å². The van der Waals surface area contributed by atoms with E-state index in [1.54, 1.807) is 0 Å². The lowest BCUT2D eigenvalue weighted by Gasteiger charge is -2.20. The molecule has 0 bridgehead atoms. The summed E-state index contributed by atoms with van der Waals surface area (Å²) in [5.41, 5.74) is 0.238. The average Bonchev–Trinajstić information content (AvgIpc) is 2.86. The maximum Gasteiger partial charge on any atom is 0.337 e. The van der Waals surface area contributed by atoms with Crippen LogP contribution in [0, 0.1) is 18.3 Å². The molecule has 110 valence electrons. The summed E-state index contributed by atoms with van der Waals surface area (Å²) in [5.74, 6) is 1.61. The second-order valence-corrected chi connectivity index (χ2v) is 4.60. The molecule has 1 amide bonds. The highest BCUT2D eigenvalue weighted by molar-refractivity contribution is 6.04. The summed E-state index contributed by atoms with van der Waals surface area (Å²) < 4.78 is 10.3. The Hall–Kier alpha value is -2.68. The number of hydrogen-bond acceptors (Lipinski definition) is 4. The Morgan fingerprint density at radius 2 is 2.00 bits per heavy atom. The first kappa shape index (κ1) is 14.7. The molecule has 0 aromatic heterocycles. The third kappa shape index (κ3) is 2.63. The molecule has 1 aromatic carbocycles. The monoisotopic (exact) mass is 289 g/mol. The Balaban J connectivity index is 2.54. The summed E-state index contributed by atoms with van der Waals surface area (Å²) in [5, 5.41) is 9.34. The number of carbonyl (C=O) groups is 2. The highest BCUT2D eigenvalue weighted by Gasteiger charge is 2.32. The average molecular weight is 289 g/mol. The topological polar surface area (TPSA) is 76.1 Å². The molecule has 1 fully saturated rings. The largest absolute Gasteiger partial charge is 0.493 e. The van der Waals surface area contributed by atoms with E-state index < -0.39 is 5.97 Å². The van der Waals surface area contributed by atoms with Crippen molar-refractivity contribution >= 4 is 17.6 Å². The van der Waals surface area contributed by atoms with Gasteiger partial charge in [0.2, 0.25) is 5.91 Å². The van der Waals surface area contributed by atoms with E-state index in [0.29, 0.717) is 18.0 Å². The van der Waals surface area contributed by atoms with Crippen LogP contribution < -0.4 is 14.4 Å². The summed E-state index contributed by atoms with van der Waals surface area (Å²) >= 11 is 0. The van der Waals surface area contributed by atoms with E-state index in [-0.39, 0.29) is 29.5 Å². The number of hydrogen-bond donors (Lipinski definition) is 1. The van der Waals surface area contributed by atoms with Crippen molar-refractivity contribution in [2.75, 3.05) is 25.7 Å². The van der Waals surface area contributed by atoms with Gasteiger partial charge in [-0.15, -0.1) is 12.3 Å². The van der Waals surface area contributed by atoms with E-state index in [2.05, 4.69) is 5.92 Å². The highest BCUT2D eigenvalue weighted by atomic mass is 16.5. The Morgan fingerprint density at radius 3 is 2.48 bits per heavy atom. The number of carbonyl (C=O) groups excluding carboxylic acids is 1. The van der Waals surface area contributed by atoms with Crippen LogP contribution in [-0.4, -0.2) is 37.7 Å². The van der Waals surface area contributed by atoms with Crippen molar-refractivity contribution < 1.29 is 24.2 Å². The van der Waals surface area contributed by atoms with Gasteiger partial charge in [-0.05, 0) is 0 Å². The second-order valence-electron chi connectivity index (χ2n) is 4.60. The number of amides is 1. The maximum atomic E-state index is 12.0. The van der Waals surface area contributed by atoms with Gasteiger partial charge in [0.15, 0.2) is 11.5 Å². The number of aromatic carboxylic acids is 1. The second kappa shape index (κ2) is 5.75. The molecule has 21 heavy (non-hydrogen) atoms. The number of carboxylic acid groups (broad SMARTS) is 1. The van der Waals surface area contributed by atoms with Crippen LogP contribution in [0.1, 0.15) is 16.8 Å². The first-order valence-corrected chi connectivity index (χ1v) is 6.27. The molecule has 1 saturated heterocycles. The van der Waals surface area contributed by atoms with E-state index in [1.807, 2.05) is 0 Å². The van der Waals surface area contributed by atoms with Crippen LogP contribution in [0.5, 0.6) is 11.5 Å². The summed E-state index contributed by atoms with van der Waals surface area (Å²) in [6.45, 7) is 0.297. The molecular weight excluding hydrogens is 274 g/mol. The van der Waals surface area contributed by atoms with Gasteiger partial charge in [-0.1, -0.05) is 0 Å². The van der Waals surface area contributed by atoms with Gasteiger partial charge in [0, 0.05) is 31.0 Å². The number of rotatable bonds is 4. The van der Waals surface area contributed by atoms with E-state index in [4.69, 9.17) is 15.9 Å². The van der Waals surface area contributed by atoms with Gasteiger partial charge in [-0.25, -0.2) is 4.79 Å². The van der Waals surface area contributed by atoms with Gasteiger partial charge in [-0.2, -0.15) is 0 Å². The van der Waals surface area contributed by atoms with Crippen LogP contribution in [0.25, 0.3) is 0 Å². The molecule has 1 aliphatic heterocycles. The Morgan fingerprint density at radius 1 is 1.38 bits per heavy atom. The molecule has 0 radical (unpaired) electrons. The van der Waals surface area contributed by atoms with Crippen LogP contribution in [0.3, 0.4) is 0 Å². The number of anilines is 1. The third-order valence-corrected chi connectivity index (χ3v) is 3.38. The zero-order chi connectivity index (χ0) is 15.6. The van der Waals surface area contributed by atoms with Crippen LogP contribution in [0.15, 0.2) is 12.1 Å². The van der Waals surface area contributed by atoms with Crippen LogP contribution >= 0.6 is 0 Å². The molecule has 0 aliphatic carbocycles. The SMILES string of the molecule is C#CC1CC(=O)N(c2cc(OC)c(OC)cc2C(=O)O)C1. The number of carboxylic acids is 1. The zero-order valence-electron chi connectivity index (χ0n) is 11.8. The molecule has 1 aromatic rings. The summed E-state index contributed by atoms with van der Waals surface area (Å²) in [4.78, 5) is 24.9. The molecule has 2 rings (SSSR count). The molecule has 6 nitrogen and oxygen atoms in total. The predicted octanol–water partition coefficient (Wildman–Crippen LogP) is 1.39. The molecular formula is C15H15NO5. The molecule has 1 atom stereocenters. The van der Waals surface area contributed by atoms with E-state index in [9.17, 15) is 14.7 Å². The fourth-order valence-electron chi connectivity index (χ4n) is 2.31. The van der Waals surface area contributed by atoms with Crippen molar-refractivity contribution in [2.24, 2.45) is 5.92 Å². The van der Waals surface area contributed by atoms with Gasteiger partial charge in [0.25, 0.3) is 0 Å². The van der Waals surface area contributed by atoms with Crippen molar-refractivity contribution in [3.63, 3.8) is 0 Å². The summed E-state index contributed by atoms with van der Waals surface area (Å²) in [6, 6.07) is 2.83. The van der Waals surface area contributed by atoms with Gasteiger partial charge in [-0.3, -0.25) is 4.79 Å². The smallest absolute Gasteiger partial charge is 0.337 e. The standard InChI is InChI=1S/C15H15NO5/c1-4-9-5-14(17)16(8-9)11-7-13(21-3)12(20-2)6-10(11)15(18)19/h1,6-7,9H,5,8H2,2-3H3,(H,18,19). The molecule has 1 aliphatic rings. The molecule has 0 spiro atoms. The number of nitrogens with zero attached hydrogens (tertiary/aromatic N) is 1. The Kier molecular flexibility index (Phi) is 4.03. The minimum atomic E-state index is -1.15.